The smallest absolute Gasteiger partial charge is 0.164 e. The number of benzene rings is 1. The number of rotatable bonds is 7. The van der Waals surface area contributed by atoms with Crippen LogP contribution in [0.5, 0.6) is 11.5 Å². The second-order valence-corrected chi connectivity index (χ2v) is 6.83. The summed E-state index contributed by atoms with van der Waals surface area (Å²) in [7, 11) is 3.23. The van der Waals surface area contributed by atoms with Crippen LogP contribution >= 0.6 is 0 Å². The SMILES string of the molecule is COc1cc2ncnc(N3CCN(CCNS(N)=O)CC3)c2cc1OC. The number of nitrogens with zero attached hydrogens (tertiary/aromatic N) is 4. The third-order valence-electron chi connectivity index (χ3n) is 4.46. The van der Waals surface area contributed by atoms with Crippen molar-refractivity contribution in [3.05, 3.63) is 18.5 Å². The lowest BCUT2D eigenvalue weighted by Crippen LogP contribution is -2.48. The van der Waals surface area contributed by atoms with E-state index in [1.165, 1.54) is 0 Å². The van der Waals surface area contributed by atoms with Crippen molar-refractivity contribution >= 4 is 27.9 Å². The zero-order valence-electron chi connectivity index (χ0n) is 15.0. The molecule has 10 heteroatoms. The maximum atomic E-state index is 10.9. The zero-order chi connectivity index (χ0) is 18.5. The molecule has 9 nitrogen and oxygen atoms in total. The van der Waals surface area contributed by atoms with E-state index < -0.39 is 11.2 Å². The van der Waals surface area contributed by atoms with Gasteiger partial charge in [-0.2, -0.15) is 0 Å². The van der Waals surface area contributed by atoms with Gasteiger partial charge in [-0.3, -0.25) is 4.90 Å². The first-order chi connectivity index (χ1) is 12.6. The van der Waals surface area contributed by atoms with Gasteiger partial charge in [-0.15, -0.1) is 0 Å². The van der Waals surface area contributed by atoms with Gasteiger partial charge in [0.2, 0.25) is 0 Å². The predicted octanol–water partition coefficient (Wildman–Crippen LogP) is -0.104. The van der Waals surface area contributed by atoms with E-state index in [0.29, 0.717) is 18.0 Å². The molecular formula is C16H24N6O3S. The van der Waals surface area contributed by atoms with Gasteiger partial charge < -0.3 is 14.4 Å². The molecule has 0 amide bonds. The molecule has 142 valence electrons. The van der Waals surface area contributed by atoms with E-state index >= 15 is 0 Å². The van der Waals surface area contributed by atoms with Crippen molar-refractivity contribution < 1.29 is 13.7 Å². The fraction of sp³-hybridized carbons (Fsp3) is 0.500. The summed E-state index contributed by atoms with van der Waals surface area (Å²) in [5.74, 6) is 2.21. The summed E-state index contributed by atoms with van der Waals surface area (Å²) in [6.07, 6.45) is 1.58. The molecule has 3 N–H and O–H groups in total. The molecule has 1 unspecified atom stereocenters. The number of ether oxygens (including phenoxy) is 2. The molecule has 0 spiro atoms. The van der Waals surface area contributed by atoms with Crippen molar-refractivity contribution in [2.75, 3.05) is 58.4 Å². The average Bonchev–Trinajstić information content (AvgIpc) is 2.66. The lowest BCUT2D eigenvalue weighted by molar-refractivity contribution is 0.262. The molecule has 1 aliphatic heterocycles. The lowest BCUT2D eigenvalue weighted by atomic mass is 10.2. The molecule has 1 atom stereocenters. The number of aromatic nitrogens is 2. The highest BCUT2D eigenvalue weighted by Crippen LogP contribution is 2.34. The number of hydrogen-bond donors (Lipinski definition) is 2. The highest BCUT2D eigenvalue weighted by molar-refractivity contribution is 7.80. The lowest BCUT2D eigenvalue weighted by Gasteiger charge is -2.35. The summed E-state index contributed by atoms with van der Waals surface area (Å²) in [4.78, 5) is 13.4. The van der Waals surface area contributed by atoms with Crippen LogP contribution in [0, 0.1) is 0 Å². The van der Waals surface area contributed by atoms with Crippen molar-refractivity contribution in [3.8, 4) is 11.5 Å². The summed E-state index contributed by atoms with van der Waals surface area (Å²) < 4.78 is 24.4. The molecule has 1 saturated heterocycles. The van der Waals surface area contributed by atoms with Gasteiger partial charge in [0.15, 0.2) is 22.7 Å². The van der Waals surface area contributed by atoms with E-state index in [2.05, 4.69) is 24.5 Å². The molecule has 0 bridgehead atoms. The summed E-state index contributed by atoms with van der Waals surface area (Å²) >= 11 is -1.45. The van der Waals surface area contributed by atoms with E-state index in [9.17, 15) is 4.21 Å². The van der Waals surface area contributed by atoms with E-state index in [1.807, 2.05) is 12.1 Å². The van der Waals surface area contributed by atoms with Crippen LogP contribution in [-0.4, -0.2) is 72.6 Å². The summed E-state index contributed by atoms with van der Waals surface area (Å²) in [5, 5.41) is 6.15. The average molecular weight is 380 g/mol. The maximum absolute atomic E-state index is 10.9. The molecule has 2 aromatic rings. The fourth-order valence-electron chi connectivity index (χ4n) is 3.11. The number of piperazine rings is 1. The van der Waals surface area contributed by atoms with Crippen LogP contribution < -0.4 is 24.2 Å². The zero-order valence-corrected chi connectivity index (χ0v) is 15.8. The third kappa shape index (κ3) is 4.21. The summed E-state index contributed by atoms with van der Waals surface area (Å²) in [6, 6.07) is 3.80. The first kappa shape index (κ1) is 18.8. The second-order valence-electron chi connectivity index (χ2n) is 5.94. The minimum atomic E-state index is -1.45. The van der Waals surface area contributed by atoms with Crippen LogP contribution in [0.2, 0.25) is 0 Å². The van der Waals surface area contributed by atoms with Crippen molar-refractivity contribution in [2.45, 2.75) is 0 Å². The Morgan fingerprint density at radius 3 is 2.50 bits per heavy atom. The molecule has 26 heavy (non-hydrogen) atoms. The van der Waals surface area contributed by atoms with Gasteiger partial charge in [-0.05, 0) is 6.07 Å². The van der Waals surface area contributed by atoms with E-state index in [0.717, 1.165) is 49.4 Å². The van der Waals surface area contributed by atoms with E-state index in [-0.39, 0.29) is 0 Å². The van der Waals surface area contributed by atoms with Crippen LogP contribution in [0.1, 0.15) is 0 Å². The van der Waals surface area contributed by atoms with Crippen molar-refractivity contribution in [3.63, 3.8) is 0 Å². The Labute approximate surface area is 155 Å². The molecule has 1 aromatic heterocycles. The molecule has 0 radical (unpaired) electrons. The normalized spacial score (nSPS) is 16.7. The molecule has 0 saturated carbocycles. The maximum Gasteiger partial charge on any atom is 0.164 e. The highest BCUT2D eigenvalue weighted by Gasteiger charge is 2.20. The molecule has 1 aliphatic rings. The van der Waals surface area contributed by atoms with Crippen LogP contribution in [0.25, 0.3) is 10.9 Å². The Hall–Kier alpha value is -2.01. The Kier molecular flexibility index (Phi) is 6.20. The Balaban J connectivity index is 1.74. The molecule has 1 fully saturated rings. The Bertz CT molecular complexity index is 782. The van der Waals surface area contributed by atoms with Crippen LogP contribution in [-0.2, 0) is 11.2 Å². The van der Waals surface area contributed by atoms with Crippen molar-refractivity contribution in [1.29, 1.82) is 0 Å². The Morgan fingerprint density at radius 2 is 1.85 bits per heavy atom. The largest absolute Gasteiger partial charge is 0.493 e. The van der Waals surface area contributed by atoms with Crippen LogP contribution in [0.4, 0.5) is 5.82 Å². The first-order valence-corrected chi connectivity index (χ1v) is 9.57. The van der Waals surface area contributed by atoms with Gasteiger partial charge in [-0.25, -0.2) is 24.0 Å². The third-order valence-corrected chi connectivity index (χ3v) is 4.95. The van der Waals surface area contributed by atoms with Crippen LogP contribution in [0.15, 0.2) is 18.5 Å². The number of nitrogens with one attached hydrogen (secondary N) is 1. The predicted molar refractivity (Wildman–Crippen MR) is 102 cm³/mol. The van der Waals surface area contributed by atoms with E-state index in [4.69, 9.17) is 14.6 Å². The van der Waals surface area contributed by atoms with Gasteiger partial charge in [-0.1, -0.05) is 0 Å². The van der Waals surface area contributed by atoms with Gasteiger partial charge >= 0.3 is 0 Å². The summed E-state index contributed by atoms with van der Waals surface area (Å²) in [5.41, 5.74) is 0.824. The van der Waals surface area contributed by atoms with E-state index in [1.54, 1.807) is 20.5 Å². The minimum Gasteiger partial charge on any atom is -0.493 e. The quantitative estimate of drug-likeness (QED) is 0.691. The van der Waals surface area contributed by atoms with Gasteiger partial charge in [0, 0.05) is 50.7 Å². The minimum absolute atomic E-state index is 0.608. The summed E-state index contributed by atoms with van der Waals surface area (Å²) in [6.45, 7) is 4.93. The standard InChI is InChI=1S/C16H24N6O3S/c1-24-14-9-12-13(10-15(14)25-2)18-11-19-16(12)22-7-5-21(6-8-22)4-3-20-26(17)23/h9-11,20H,3-8,17H2,1-2H3. The van der Waals surface area contributed by atoms with Crippen LogP contribution in [0.3, 0.4) is 0 Å². The number of nitrogens with two attached hydrogens (primary N) is 1. The van der Waals surface area contributed by atoms with Gasteiger partial charge in [0.1, 0.15) is 12.1 Å². The highest BCUT2D eigenvalue weighted by atomic mass is 32.2. The molecular weight excluding hydrogens is 356 g/mol. The monoisotopic (exact) mass is 380 g/mol. The Morgan fingerprint density at radius 1 is 1.15 bits per heavy atom. The topological polar surface area (TPSA) is 106 Å². The number of methoxy groups -OCH3 is 2. The number of anilines is 1. The fourth-order valence-corrected chi connectivity index (χ4v) is 3.40. The number of hydrogen-bond acceptors (Lipinski definition) is 7. The second kappa shape index (κ2) is 8.58. The molecule has 1 aromatic carbocycles. The van der Waals surface area contributed by atoms with Crippen molar-refractivity contribution in [1.82, 2.24) is 19.6 Å². The van der Waals surface area contributed by atoms with Gasteiger partial charge in [0.25, 0.3) is 0 Å². The molecule has 3 rings (SSSR count). The van der Waals surface area contributed by atoms with Gasteiger partial charge in [0.05, 0.1) is 19.7 Å². The molecule has 0 aliphatic carbocycles. The number of fused-ring (bicyclic) bond motifs is 1. The molecule has 2 heterocycles. The first-order valence-electron chi connectivity index (χ1n) is 8.36. The van der Waals surface area contributed by atoms with Crippen molar-refractivity contribution in [2.24, 2.45) is 5.14 Å².